The third kappa shape index (κ3) is 2.68. The maximum atomic E-state index is 13.8. The summed E-state index contributed by atoms with van der Waals surface area (Å²) < 4.78 is 54.2. The molecule has 0 spiro atoms. The first-order valence-corrected chi connectivity index (χ1v) is 6.92. The molecule has 0 aliphatic rings. The molecule has 2 rings (SSSR count). The van der Waals surface area contributed by atoms with Crippen LogP contribution >= 0.6 is 58.0 Å². The summed E-state index contributed by atoms with van der Waals surface area (Å²) in [6.45, 7) is 0. The zero-order valence-electron chi connectivity index (χ0n) is 9.48. The predicted molar refractivity (Wildman–Crippen MR) is 76.8 cm³/mol. The quantitative estimate of drug-likeness (QED) is 0.271. The Kier molecular flexibility index (Phi) is 4.86. The highest BCUT2D eigenvalue weighted by Crippen LogP contribution is 2.49. The van der Waals surface area contributed by atoms with Gasteiger partial charge in [0, 0.05) is 11.6 Å². The minimum Gasteiger partial charge on any atom is -0.204 e. The summed E-state index contributed by atoms with van der Waals surface area (Å²) in [5.74, 6) is -6.63. The Balaban J connectivity index is 3.00. The van der Waals surface area contributed by atoms with Gasteiger partial charge >= 0.3 is 0 Å². The van der Waals surface area contributed by atoms with E-state index in [0.717, 1.165) is 0 Å². The van der Waals surface area contributed by atoms with Gasteiger partial charge in [0.05, 0.1) is 30.7 Å². The van der Waals surface area contributed by atoms with Gasteiger partial charge in [0.15, 0.2) is 23.3 Å². The van der Waals surface area contributed by atoms with Crippen molar-refractivity contribution in [3.05, 3.63) is 54.4 Å². The Morgan fingerprint density at radius 2 is 0.857 bits per heavy atom. The highest BCUT2D eigenvalue weighted by molar-refractivity contribution is 6.56. The van der Waals surface area contributed by atoms with Crippen LogP contribution in [0.5, 0.6) is 0 Å². The number of hydrogen-bond acceptors (Lipinski definition) is 0. The van der Waals surface area contributed by atoms with E-state index in [1.54, 1.807) is 0 Å². The van der Waals surface area contributed by atoms with Crippen LogP contribution in [0.3, 0.4) is 0 Å². The Hall–Kier alpha value is -0.390. The van der Waals surface area contributed by atoms with Crippen molar-refractivity contribution in [1.82, 2.24) is 0 Å². The van der Waals surface area contributed by atoms with Crippen molar-refractivity contribution < 1.29 is 17.6 Å². The molecule has 0 atom stereocenters. The van der Waals surface area contributed by atoms with E-state index in [-0.39, 0.29) is 21.1 Å². The summed E-state index contributed by atoms with van der Waals surface area (Å²) in [6.07, 6.45) is 0. The lowest BCUT2D eigenvalue weighted by Crippen LogP contribution is -2.00. The van der Waals surface area contributed by atoms with Crippen molar-refractivity contribution in [1.29, 1.82) is 0 Å². The van der Waals surface area contributed by atoms with Gasteiger partial charge in [0.25, 0.3) is 0 Å². The third-order valence-electron chi connectivity index (χ3n) is 2.57. The molecule has 0 bridgehead atoms. The molecule has 0 nitrogen and oxygen atoms in total. The molecule has 0 N–H and O–H groups in total. The van der Waals surface area contributed by atoms with Crippen LogP contribution in [0.25, 0.3) is 11.1 Å². The number of hydrogen-bond donors (Lipinski definition) is 0. The third-order valence-corrected chi connectivity index (χ3v) is 4.85. The minimum atomic E-state index is -1.69. The Labute approximate surface area is 141 Å². The fraction of sp³-hybridized carbons (Fsp3) is 0. The van der Waals surface area contributed by atoms with Crippen LogP contribution in [0.4, 0.5) is 17.6 Å². The molecular formula is C12HCl5F4. The molecule has 0 amide bonds. The Bertz CT molecular complexity index is 705. The average molecular weight is 398 g/mol. The van der Waals surface area contributed by atoms with Gasteiger partial charge in [0.1, 0.15) is 0 Å². The van der Waals surface area contributed by atoms with Crippen molar-refractivity contribution in [2.24, 2.45) is 0 Å². The van der Waals surface area contributed by atoms with Gasteiger partial charge in [-0.05, 0) is 0 Å². The zero-order valence-corrected chi connectivity index (χ0v) is 13.3. The van der Waals surface area contributed by atoms with Crippen LogP contribution in [0.2, 0.25) is 25.1 Å². The molecule has 0 heterocycles. The van der Waals surface area contributed by atoms with Crippen LogP contribution in [0.1, 0.15) is 0 Å². The summed E-state index contributed by atoms with van der Waals surface area (Å²) in [5, 5.41) is -1.94. The van der Waals surface area contributed by atoms with Crippen molar-refractivity contribution in [3.8, 4) is 11.1 Å². The van der Waals surface area contributed by atoms with Crippen LogP contribution in [-0.4, -0.2) is 0 Å². The van der Waals surface area contributed by atoms with Gasteiger partial charge in [-0.25, -0.2) is 17.6 Å². The highest BCUT2D eigenvalue weighted by Gasteiger charge is 2.28. The van der Waals surface area contributed by atoms with E-state index in [0.29, 0.717) is 0 Å². The van der Waals surface area contributed by atoms with Gasteiger partial charge in [0.2, 0.25) is 0 Å². The molecule has 0 unspecified atom stereocenters. The van der Waals surface area contributed by atoms with Gasteiger partial charge in [-0.1, -0.05) is 58.0 Å². The molecule has 0 saturated heterocycles. The lowest BCUT2D eigenvalue weighted by atomic mass is 10.0. The highest BCUT2D eigenvalue weighted by atomic mass is 35.5. The summed E-state index contributed by atoms with van der Waals surface area (Å²) in [4.78, 5) is 0. The van der Waals surface area contributed by atoms with Gasteiger partial charge in [-0.15, -0.1) is 0 Å². The predicted octanol–water partition coefficient (Wildman–Crippen LogP) is 7.18. The molecule has 0 aromatic heterocycles. The van der Waals surface area contributed by atoms with Gasteiger partial charge in [-0.3, -0.25) is 0 Å². The van der Waals surface area contributed by atoms with E-state index in [2.05, 4.69) is 0 Å². The van der Waals surface area contributed by atoms with E-state index in [1.165, 1.54) is 0 Å². The number of benzene rings is 2. The summed E-state index contributed by atoms with van der Waals surface area (Å²) >= 11 is 28.9. The fourth-order valence-corrected chi connectivity index (χ4v) is 2.94. The van der Waals surface area contributed by atoms with E-state index in [1.807, 2.05) is 0 Å². The summed E-state index contributed by atoms with van der Waals surface area (Å²) in [5.41, 5.74) is -1.71. The standard InChI is InChI=1S/C12HCl5F4/c13-6-4(7(14)9(16)10(17)8(6)15)5-11(20)2(18)1-3(19)12(5)21/h1H. The van der Waals surface area contributed by atoms with Crippen molar-refractivity contribution in [2.45, 2.75) is 0 Å². The molecule has 21 heavy (non-hydrogen) atoms. The summed E-state index contributed by atoms with van der Waals surface area (Å²) in [6, 6.07) is 0.0507. The molecule has 2 aromatic carbocycles. The molecular weight excluding hydrogens is 397 g/mol. The first-order chi connectivity index (χ1) is 9.68. The van der Waals surface area contributed by atoms with Crippen molar-refractivity contribution in [2.75, 3.05) is 0 Å². The smallest absolute Gasteiger partial charge is 0.169 e. The number of rotatable bonds is 1. The molecule has 0 aliphatic heterocycles. The van der Waals surface area contributed by atoms with E-state index >= 15 is 0 Å². The van der Waals surface area contributed by atoms with Gasteiger partial charge in [-0.2, -0.15) is 0 Å². The van der Waals surface area contributed by atoms with Crippen LogP contribution in [-0.2, 0) is 0 Å². The van der Waals surface area contributed by atoms with E-state index in [9.17, 15) is 17.6 Å². The molecule has 0 fully saturated rings. The largest absolute Gasteiger partial charge is 0.204 e. The second-order valence-electron chi connectivity index (χ2n) is 3.79. The second-order valence-corrected chi connectivity index (χ2v) is 5.68. The SMILES string of the molecule is Fc1cc(F)c(F)c(-c2c(Cl)c(Cl)c(Cl)c(Cl)c2Cl)c1F. The van der Waals surface area contributed by atoms with Crippen LogP contribution in [0.15, 0.2) is 6.07 Å². The van der Waals surface area contributed by atoms with Crippen molar-refractivity contribution >= 4 is 58.0 Å². The molecule has 0 radical (unpaired) electrons. The fourth-order valence-electron chi connectivity index (χ4n) is 1.62. The average Bonchev–Trinajstić information content (AvgIpc) is 2.44. The maximum absolute atomic E-state index is 13.8. The Morgan fingerprint density at radius 3 is 1.24 bits per heavy atom. The molecule has 9 heteroatoms. The van der Waals surface area contributed by atoms with E-state index < -0.39 is 44.4 Å². The molecule has 2 aromatic rings. The second kappa shape index (κ2) is 6.01. The number of halogens is 9. The molecule has 0 saturated carbocycles. The monoisotopic (exact) mass is 396 g/mol. The first-order valence-electron chi connectivity index (χ1n) is 5.03. The molecule has 0 aliphatic carbocycles. The normalized spacial score (nSPS) is 11.1. The molecule has 112 valence electrons. The van der Waals surface area contributed by atoms with E-state index in [4.69, 9.17) is 58.0 Å². The topological polar surface area (TPSA) is 0 Å². The maximum Gasteiger partial charge on any atom is 0.169 e. The first kappa shape index (κ1) is 17.0. The lowest BCUT2D eigenvalue weighted by molar-refractivity contribution is 0.458. The lowest BCUT2D eigenvalue weighted by Gasteiger charge is -2.14. The van der Waals surface area contributed by atoms with Crippen molar-refractivity contribution in [3.63, 3.8) is 0 Å². The summed E-state index contributed by atoms with van der Waals surface area (Å²) in [7, 11) is 0. The minimum absolute atomic E-state index is 0.0507. The Morgan fingerprint density at radius 1 is 0.524 bits per heavy atom. The zero-order chi connectivity index (χ0) is 16.1. The van der Waals surface area contributed by atoms with Crippen LogP contribution in [0, 0.1) is 23.3 Å². The van der Waals surface area contributed by atoms with Crippen LogP contribution < -0.4 is 0 Å². The van der Waals surface area contributed by atoms with Gasteiger partial charge < -0.3 is 0 Å².